The first-order valence-electron chi connectivity index (χ1n) is 5.44. The van der Waals surface area contributed by atoms with Gasteiger partial charge in [0.1, 0.15) is 5.82 Å². The maximum absolute atomic E-state index is 12.1. The van der Waals surface area contributed by atoms with Gasteiger partial charge in [-0.2, -0.15) is 0 Å². The first-order chi connectivity index (χ1) is 7.80. The molecule has 0 fully saturated rings. The lowest BCUT2D eigenvalue weighted by Crippen LogP contribution is -2.43. The quantitative estimate of drug-likeness (QED) is 0.784. The standard InChI is InChI=1S/C10H18BrN3O2S/c1-4-8-12-7-9(13-8)17(15,16)14-10(2,3)5-6-11/h7,14H,4-6H2,1-3H3,(H,12,13). The number of nitrogens with one attached hydrogen (secondary N) is 2. The number of imidazole rings is 1. The number of nitrogens with zero attached hydrogens (tertiary/aromatic N) is 1. The lowest BCUT2D eigenvalue weighted by molar-refractivity contribution is 0.442. The summed E-state index contributed by atoms with van der Waals surface area (Å²) in [6.45, 7) is 5.61. The number of H-pyrrole nitrogens is 1. The molecule has 0 aliphatic carbocycles. The molecule has 0 aromatic carbocycles. The molecule has 0 atom stereocenters. The second-order valence-corrected chi connectivity index (χ2v) is 6.92. The van der Waals surface area contributed by atoms with Crippen molar-refractivity contribution < 1.29 is 8.42 Å². The predicted octanol–water partition coefficient (Wildman–Crippen LogP) is 1.81. The van der Waals surface area contributed by atoms with Crippen molar-refractivity contribution in [2.24, 2.45) is 0 Å². The number of hydrogen-bond donors (Lipinski definition) is 2. The average molecular weight is 324 g/mol. The molecule has 0 spiro atoms. The molecule has 1 heterocycles. The molecular formula is C10H18BrN3O2S. The van der Waals surface area contributed by atoms with Gasteiger partial charge in [-0.05, 0) is 20.3 Å². The molecule has 0 saturated carbocycles. The topological polar surface area (TPSA) is 74.8 Å². The van der Waals surface area contributed by atoms with E-state index in [9.17, 15) is 8.42 Å². The van der Waals surface area contributed by atoms with Crippen LogP contribution in [-0.4, -0.2) is 29.3 Å². The van der Waals surface area contributed by atoms with E-state index in [0.717, 1.165) is 5.33 Å². The fourth-order valence-electron chi connectivity index (χ4n) is 1.37. The molecule has 1 aromatic rings. The summed E-state index contributed by atoms with van der Waals surface area (Å²) in [6.07, 6.45) is 2.74. The first-order valence-corrected chi connectivity index (χ1v) is 8.05. The molecule has 7 heteroatoms. The maximum atomic E-state index is 12.1. The van der Waals surface area contributed by atoms with E-state index in [2.05, 4.69) is 30.6 Å². The molecule has 0 aliphatic rings. The van der Waals surface area contributed by atoms with E-state index >= 15 is 0 Å². The van der Waals surface area contributed by atoms with Crippen molar-refractivity contribution in [2.75, 3.05) is 5.33 Å². The summed E-state index contributed by atoms with van der Waals surface area (Å²) >= 11 is 3.31. The third kappa shape index (κ3) is 4.08. The average Bonchev–Trinajstić information content (AvgIpc) is 2.64. The van der Waals surface area contributed by atoms with Gasteiger partial charge in [-0.25, -0.2) is 18.1 Å². The summed E-state index contributed by atoms with van der Waals surface area (Å²) in [4.78, 5) is 6.79. The molecule has 1 rings (SSSR count). The maximum Gasteiger partial charge on any atom is 0.258 e. The number of alkyl halides is 1. The number of aryl methyl sites for hydroxylation is 1. The molecule has 0 radical (unpaired) electrons. The number of rotatable bonds is 6. The normalized spacial score (nSPS) is 12.9. The highest BCUT2D eigenvalue weighted by molar-refractivity contribution is 9.09. The van der Waals surface area contributed by atoms with Crippen molar-refractivity contribution in [1.29, 1.82) is 0 Å². The van der Waals surface area contributed by atoms with Gasteiger partial charge in [-0.1, -0.05) is 22.9 Å². The highest BCUT2D eigenvalue weighted by Gasteiger charge is 2.26. The van der Waals surface area contributed by atoms with Crippen LogP contribution in [0.25, 0.3) is 0 Å². The van der Waals surface area contributed by atoms with Crippen LogP contribution < -0.4 is 4.72 Å². The third-order valence-electron chi connectivity index (χ3n) is 2.36. The minimum absolute atomic E-state index is 0.122. The fraction of sp³-hybridized carbons (Fsp3) is 0.700. The van der Waals surface area contributed by atoms with Crippen molar-refractivity contribution >= 4 is 26.0 Å². The Labute approximate surface area is 111 Å². The van der Waals surface area contributed by atoms with Gasteiger partial charge in [-0.3, -0.25) is 0 Å². The van der Waals surface area contributed by atoms with Crippen molar-refractivity contribution in [1.82, 2.24) is 14.7 Å². The van der Waals surface area contributed by atoms with Crippen LogP contribution in [-0.2, 0) is 16.4 Å². The molecule has 17 heavy (non-hydrogen) atoms. The molecule has 0 aliphatic heterocycles. The summed E-state index contributed by atoms with van der Waals surface area (Å²) in [5.74, 6) is 0.670. The van der Waals surface area contributed by atoms with E-state index in [4.69, 9.17) is 0 Å². The number of sulfonamides is 1. The van der Waals surface area contributed by atoms with Gasteiger partial charge in [0, 0.05) is 17.3 Å². The molecule has 0 unspecified atom stereocenters. The van der Waals surface area contributed by atoms with Crippen LogP contribution >= 0.6 is 15.9 Å². The van der Waals surface area contributed by atoms with Gasteiger partial charge in [0.25, 0.3) is 10.0 Å². The zero-order valence-corrected chi connectivity index (χ0v) is 12.7. The summed E-state index contributed by atoms with van der Waals surface area (Å²) in [7, 11) is -3.52. The zero-order valence-electron chi connectivity index (χ0n) is 10.2. The van der Waals surface area contributed by atoms with Gasteiger partial charge in [0.15, 0.2) is 5.03 Å². The molecule has 0 amide bonds. The summed E-state index contributed by atoms with van der Waals surface area (Å²) in [5, 5.41) is 0.864. The summed E-state index contributed by atoms with van der Waals surface area (Å²) < 4.78 is 26.8. The highest BCUT2D eigenvalue weighted by Crippen LogP contribution is 2.15. The predicted molar refractivity (Wildman–Crippen MR) is 70.8 cm³/mol. The lowest BCUT2D eigenvalue weighted by Gasteiger charge is -2.24. The highest BCUT2D eigenvalue weighted by atomic mass is 79.9. The van der Waals surface area contributed by atoms with Gasteiger partial charge < -0.3 is 4.98 Å². The Hall–Kier alpha value is -0.400. The number of aromatic nitrogens is 2. The number of hydrogen-bond acceptors (Lipinski definition) is 3. The Morgan fingerprint density at radius 3 is 2.65 bits per heavy atom. The summed E-state index contributed by atoms with van der Waals surface area (Å²) in [6, 6.07) is 0. The molecular weight excluding hydrogens is 306 g/mol. The zero-order chi connectivity index (χ0) is 13.1. The minimum atomic E-state index is -3.52. The van der Waals surface area contributed by atoms with Crippen molar-refractivity contribution in [3.8, 4) is 0 Å². The van der Waals surface area contributed by atoms with E-state index in [1.54, 1.807) is 0 Å². The number of halogens is 1. The lowest BCUT2D eigenvalue weighted by atomic mass is 10.0. The van der Waals surface area contributed by atoms with Crippen LogP contribution in [0.15, 0.2) is 11.2 Å². The van der Waals surface area contributed by atoms with E-state index < -0.39 is 15.6 Å². The largest absolute Gasteiger partial charge is 0.332 e. The van der Waals surface area contributed by atoms with Crippen molar-refractivity contribution in [3.05, 3.63) is 12.0 Å². The summed E-state index contributed by atoms with van der Waals surface area (Å²) in [5.41, 5.74) is -0.486. The van der Waals surface area contributed by atoms with Gasteiger partial charge in [-0.15, -0.1) is 0 Å². The Morgan fingerprint density at radius 1 is 1.53 bits per heavy atom. The van der Waals surface area contributed by atoms with Gasteiger partial charge >= 0.3 is 0 Å². The second kappa shape index (κ2) is 5.49. The van der Waals surface area contributed by atoms with E-state index in [1.165, 1.54) is 6.20 Å². The molecule has 98 valence electrons. The van der Waals surface area contributed by atoms with E-state index in [1.807, 2.05) is 20.8 Å². The third-order valence-corrected chi connectivity index (χ3v) is 4.36. The van der Waals surface area contributed by atoms with Crippen LogP contribution in [0.4, 0.5) is 0 Å². The second-order valence-electron chi connectivity index (χ2n) is 4.48. The molecule has 0 saturated heterocycles. The minimum Gasteiger partial charge on any atom is -0.332 e. The van der Waals surface area contributed by atoms with Crippen molar-refractivity contribution in [2.45, 2.75) is 44.2 Å². The van der Waals surface area contributed by atoms with Crippen LogP contribution in [0.1, 0.15) is 33.0 Å². The van der Waals surface area contributed by atoms with Gasteiger partial charge in [0.2, 0.25) is 0 Å². The molecule has 2 N–H and O–H groups in total. The fourth-order valence-corrected chi connectivity index (χ4v) is 3.74. The Bertz CT molecular complexity index is 468. The molecule has 5 nitrogen and oxygen atoms in total. The van der Waals surface area contributed by atoms with Crippen LogP contribution in [0.5, 0.6) is 0 Å². The monoisotopic (exact) mass is 323 g/mol. The Kier molecular flexibility index (Phi) is 4.74. The Morgan fingerprint density at radius 2 is 2.18 bits per heavy atom. The van der Waals surface area contributed by atoms with Crippen molar-refractivity contribution in [3.63, 3.8) is 0 Å². The van der Waals surface area contributed by atoms with E-state index in [-0.39, 0.29) is 5.03 Å². The Balaban J connectivity index is 2.88. The smallest absolute Gasteiger partial charge is 0.258 e. The molecule has 1 aromatic heterocycles. The number of aromatic amines is 1. The molecule has 0 bridgehead atoms. The van der Waals surface area contributed by atoms with Crippen LogP contribution in [0, 0.1) is 0 Å². The van der Waals surface area contributed by atoms with Crippen LogP contribution in [0.3, 0.4) is 0 Å². The van der Waals surface area contributed by atoms with Gasteiger partial charge in [0.05, 0.1) is 6.20 Å². The first kappa shape index (κ1) is 14.7. The van der Waals surface area contributed by atoms with Crippen LogP contribution in [0.2, 0.25) is 0 Å². The SMILES string of the molecule is CCc1ncc(S(=O)(=O)NC(C)(C)CCBr)[nH]1. The van der Waals surface area contributed by atoms with E-state index in [0.29, 0.717) is 18.7 Å².